The zero-order chi connectivity index (χ0) is 15.1. The number of hydrogen-bond donors (Lipinski definition) is 0. The summed E-state index contributed by atoms with van der Waals surface area (Å²) in [6.07, 6.45) is 2.01. The van der Waals surface area contributed by atoms with Crippen LogP contribution in [0.4, 0.5) is 0 Å². The third kappa shape index (κ3) is 4.89. The van der Waals surface area contributed by atoms with Gasteiger partial charge in [-0.15, -0.1) is 0 Å². The molecule has 3 heteroatoms. The number of hydrogen-bond acceptors (Lipinski definition) is 1. The molecule has 2 rings (SSSR count). The Labute approximate surface area is 132 Å². The summed E-state index contributed by atoms with van der Waals surface area (Å²) in [5.41, 5.74) is 1.95. The second kappa shape index (κ2) is 7.82. The Kier molecular flexibility index (Phi) is 5.79. The fourth-order valence-electron chi connectivity index (χ4n) is 1.88. The van der Waals surface area contributed by atoms with Crippen LogP contribution in [0, 0.1) is 0 Å². The molecule has 0 heterocycles. The molecular formula is C18H19NOSe. The number of nitrogens with zero attached hydrogens (tertiary/aromatic N) is 1. The standard InChI is InChI=1S/C18H19NOSe/c1-19(2)18(20)16(13-15-9-5-3-6-10-15)14-21-17-11-7-4-8-12-17/h3-13H,14H2,1-2H3/b16-13+. The average molecular weight is 344 g/mol. The molecule has 0 radical (unpaired) electrons. The van der Waals surface area contributed by atoms with E-state index in [0.29, 0.717) is 0 Å². The first kappa shape index (κ1) is 15.6. The molecule has 108 valence electrons. The van der Waals surface area contributed by atoms with Crippen molar-refractivity contribution in [3.63, 3.8) is 0 Å². The van der Waals surface area contributed by atoms with Crippen molar-refractivity contribution in [2.75, 3.05) is 14.1 Å². The Balaban J connectivity index is 2.17. The second-order valence-corrected chi connectivity index (χ2v) is 7.08. The van der Waals surface area contributed by atoms with E-state index >= 15 is 0 Å². The summed E-state index contributed by atoms with van der Waals surface area (Å²) in [5, 5.41) is 0.808. The van der Waals surface area contributed by atoms with Crippen molar-refractivity contribution >= 4 is 31.4 Å². The van der Waals surface area contributed by atoms with Crippen LogP contribution < -0.4 is 4.46 Å². The van der Waals surface area contributed by atoms with Crippen molar-refractivity contribution in [1.82, 2.24) is 4.90 Å². The van der Waals surface area contributed by atoms with E-state index in [0.717, 1.165) is 16.5 Å². The molecule has 0 aromatic heterocycles. The van der Waals surface area contributed by atoms with Gasteiger partial charge in [0.1, 0.15) is 0 Å². The minimum absolute atomic E-state index is 0.0941. The van der Waals surface area contributed by atoms with Gasteiger partial charge in [-0.25, -0.2) is 0 Å². The van der Waals surface area contributed by atoms with E-state index in [4.69, 9.17) is 0 Å². The van der Waals surface area contributed by atoms with Gasteiger partial charge in [-0.05, 0) is 0 Å². The summed E-state index contributed by atoms with van der Waals surface area (Å²) in [7, 11) is 3.60. The molecule has 0 saturated carbocycles. The van der Waals surface area contributed by atoms with Gasteiger partial charge in [-0.2, -0.15) is 0 Å². The van der Waals surface area contributed by atoms with Gasteiger partial charge in [0.2, 0.25) is 0 Å². The molecule has 0 N–H and O–H groups in total. The number of rotatable bonds is 5. The quantitative estimate of drug-likeness (QED) is 0.603. The summed E-state index contributed by atoms with van der Waals surface area (Å²) < 4.78 is 1.32. The Morgan fingerprint density at radius 1 is 1.00 bits per heavy atom. The van der Waals surface area contributed by atoms with Gasteiger partial charge in [-0.1, -0.05) is 0 Å². The van der Waals surface area contributed by atoms with Crippen molar-refractivity contribution in [3.05, 3.63) is 71.8 Å². The van der Waals surface area contributed by atoms with Crippen LogP contribution in [-0.2, 0) is 4.79 Å². The number of amides is 1. The van der Waals surface area contributed by atoms with Gasteiger partial charge in [-0.3, -0.25) is 0 Å². The molecule has 0 aliphatic carbocycles. The number of carbonyl (C=O) groups excluding carboxylic acids is 1. The van der Waals surface area contributed by atoms with Crippen molar-refractivity contribution in [1.29, 1.82) is 0 Å². The number of likely N-dealkylation sites (N-methyl/N-ethyl adjacent to an activating group) is 1. The Hall–Kier alpha value is -1.83. The van der Waals surface area contributed by atoms with Gasteiger partial charge >= 0.3 is 132 Å². The molecule has 0 unspecified atom stereocenters. The van der Waals surface area contributed by atoms with E-state index in [9.17, 15) is 4.79 Å². The molecule has 0 saturated heterocycles. The molecule has 0 bridgehead atoms. The van der Waals surface area contributed by atoms with Crippen LogP contribution in [0.2, 0.25) is 5.32 Å². The minimum atomic E-state index is 0.0941. The fourth-order valence-corrected chi connectivity index (χ4v) is 3.72. The maximum absolute atomic E-state index is 12.3. The zero-order valence-electron chi connectivity index (χ0n) is 12.3. The van der Waals surface area contributed by atoms with Crippen molar-refractivity contribution in [2.24, 2.45) is 0 Å². The molecular weight excluding hydrogens is 325 g/mol. The number of benzene rings is 2. The van der Waals surface area contributed by atoms with Crippen LogP contribution in [0.3, 0.4) is 0 Å². The SMILES string of the molecule is CN(C)C(=O)/C(=C/c1ccccc1)C[Se]c1ccccc1. The van der Waals surface area contributed by atoms with Crippen LogP contribution in [0.5, 0.6) is 0 Å². The van der Waals surface area contributed by atoms with E-state index < -0.39 is 0 Å². The normalized spacial score (nSPS) is 11.2. The maximum atomic E-state index is 12.3. The summed E-state index contributed by atoms with van der Waals surface area (Å²) in [4.78, 5) is 14.0. The third-order valence-electron chi connectivity index (χ3n) is 2.96. The van der Waals surface area contributed by atoms with Gasteiger partial charge < -0.3 is 0 Å². The zero-order valence-corrected chi connectivity index (χ0v) is 14.0. The molecule has 2 aromatic carbocycles. The van der Waals surface area contributed by atoms with Crippen LogP contribution in [-0.4, -0.2) is 39.9 Å². The fraction of sp³-hybridized carbons (Fsp3) is 0.167. The average Bonchev–Trinajstić information content (AvgIpc) is 2.52. The molecule has 0 spiro atoms. The summed E-state index contributed by atoms with van der Waals surface area (Å²) in [6.45, 7) is 0. The van der Waals surface area contributed by atoms with E-state index in [1.54, 1.807) is 19.0 Å². The number of carbonyl (C=O) groups is 1. The Morgan fingerprint density at radius 3 is 2.14 bits per heavy atom. The molecule has 0 fully saturated rings. The van der Waals surface area contributed by atoms with E-state index in [2.05, 4.69) is 12.1 Å². The monoisotopic (exact) mass is 345 g/mol. The topological polar surface area (TPSA) is 20.3 Å². The molecule has 0 aliphatic heterocycles. The summed E-state index contributed by atoms with van der Waals surface area (Å²) >= 11 is 0.271. The van der Waals surface area contributed by atoms with Gasteiger partial charge in [0, 0.05) is 0 Å². The molecule has 0 aliphatic rings. The first-order valence-electron chi connectivity index (χ1n) is 6.82. The van der Waals surface area contributed by atoms with Crippen molar-refractivity contribution in [3.8, 4) is 0 Å². The van der Waals surface area contributed by atoms with Crippen molar-refractivity contribution in [2.45, 2.75) is 5.32 Å². The van der Waals surface area contributed by atoms with E-state index in [1.807, 2.05) is 54.6 Å². The Morgan fingerprint density at radius 2 is 1.57 bits per heavy atom. The molecule has 0 atom stereocenters. The predicted molar refractivity (Wildman–Crippen MR) is 89.8 cm³/mol. The Bertz CT molecular complexity index is 606. The van der Waals surface area contributed by atoms with Gasteiger partial charge in [0.25, 0.3) is 0 Å². The summed E-state index contributed by atoms with van der Waals surface area (Å²) in [6, 6.07) is 20.4. The van der Waals surface area contributed by atoms with Crippen LogP contribution in [0.1, 0.15) is 5.56 Å². The van der Waals surface area contributed by atoms with Crippen LogP contribution in [0.25, 0.3) is 6.08 Å². The predicted octanol–water partition coefficient (Wildman–Crippen LogP) is 2.61. The molecule has 1 amide bonds. The third-order valence-corrected chi connectivity index (χ3v) is 5.18. The van der Waals surface area contributed by atoms with Crippen molar-refractivity contribution < 1.29 is 4.79 Å². The van der Waals surface area contributed by atoms with Gasteiger partial charge in [0.15, 0.2) is 0 Å². The van der Waals surface area contributed by atoms with Gasteiger partial charge in [0.05, 0.1) is 0 Å². The van der Waals surface area contributed by atoms with Crippen LogP contribution in [0.15, 0.2) is 66.2 Å². The molecule has 21 heavy (non-hydrogen) atoms. The molecule has 2 aromatic rings. The van der Waals surface area contributed by atoms with E-state index in [1.165, 1.54) is 4.46 Å². The molecule has 2 nitrogen and oxygen atoms in total. The first-order valence-corrected chi connectivity index (χ1v) is 8.89. The second-order valence-electron chi connectivity index (χ2n) is 4.88. The van der Waals surface area contributed by atoms with Crippen LogP contribution >= 0.6 is 0 Å². The van der Waals surface area contributed by atoms with E-state index in [-0.39, 0.29) is 20.9 Å². The first-order chi connectivity index (χ1) is 10.2. The summed E-state index contributed by atoms with van der Waals surface area (Å²) in [5.74, 6) is 0.0941.